The van der Waals surface area contributed by atoms with Crippen molar-refractivity contribution < 1.29 is 13.2 Å². The van der Waals surface area contributed by atoms with Crippen molar-refractivity contribution in [3.05, 3.63) is 33.2 Å². The van der Waals surface area contributed by atoms with Crippen molar-refractivity contribution in [3.63, 3.8) is 0 Å². The molecule has 2 aromatic rings. The van der Waals surface area contributed by atoms with E-state index in [1.807, 2.05) is 0 Å². The Kier molecular flexibility index (Phi) is 3.93. The SMILES string of the molecule is CC(N)c1nnc(-c2cc(C(F)(F)F)ccc2Br)s1. The van der Waals surface area contributed by atoms with Crippen LogP contribution in [0.5, 0.6) is 0 Å². The van der Waals surface area contributed by atoms with Crippen LogP contribution in [0.15, 0.2) is 22.7 Å². The van der Waals surface area contributed by atoms with Crippen LogP contribution in [0.2, 0.25) is 0 Å². The lowest BCUT2D eigenvalue weighted by molar-refractivity contribution is -0.137. The predicted octanol–water partition coefficient (Wildman–Crippen LogP) is 4.01. The Balaban J connectivity index is 2.48. The molecular formula is C11H9BrF3N3S. The van der Waals surface area contributed by atoms with Crippen LogP contribution < -0.4 is 5.73 Å². The zero-order valence-electron chi connectivity index (χ0n) is 9.70. The number of alkyl halides is 3. The molecule has 2 N–H and O–H groups in total. The average Bonchev–Trinajstić information content (AvgIpc) is 2.77. The Morgan fingerprint density at radius 1 is 1.32 bits per heavy atom. The molecule has 3 nitrogen and oxygen atoms in total. The lowest BCUT2D eigenvalue weighted by atomic mass is 10.1. The summed E-state index contributed by atoms with van der Waals surface area (Å²) < 4.78 is 38.6. The molecule has 0 saturated carbocycles. The van der Waals surface area contributed by atoms with Crippen LogP contribution in [-0.4, -0.2) is 10.2 Å². The zero-order chi connectivity index (χ0) is 14.2. The molecule has 1 aromatic heterocycles. The fraction of sp³-hybridized carbons (Fsp3) is 0.273. The van der Waals surface area contributed by atoms with Crippen LogP contribution in [0.25, 0.3) is 10.6 Å². The van der Waals surface area contributed by atoms with Gasteiger partial charge in [0.2, 0.25) is 0 Å². The van der Waals surface area contributed by atoms with Gasteiger partial charge in [-0.15, -0.1) is 10.2 Å². The molecule has 102 valence electrons. The molecule has 2 rings (SSSR count). The van der Waals surface area contributed by atoms with Crippen molar-refractivity contribution in [2.45, 2.75) is 19.1 Å². The van der Waals surface area contributed by atoms with Crippen LogP contribution in [0.3, 0.4) is 0 Å². The number of hydrogen-bond acceptors (Lipinski definition) is 4. The second kappa shape index (κ2) is 5.18. The Bertz CT molecular complexity index is 595. The molecule has 0 bridgehead atoms. The van der Waals surface area contributed by atoms with E-state index < -0.39 is 11.7 Å². The Labute approximate surface area is 119 Å². The van der Waals surface area contributed by atoms with E-state index in [0.29, 0.717) is 20.1 Å². The summed E-state index contributed by atoms with van der Waals surface area (Å²) in [5.74, 6) is 0. The minimum absolute atomic E-state index is 0.296. The van der Waals surface area contributed by atoms with Gasteiger partial charge in [0.1, 0.15) is 10.0 Å². The van der Waals surface area contributed by atoms with Crippen LogP contribution in [0.4, 0.5) is 13.2 Å². The van der Waals surface area contributed by atoms with E-state index in [1.165, 1.54) is 17.4 Å². The van der Waals surface area contributed by atoms with Gasteiger partial charge in [0.15, 0.2) is 0 Å². The van der Waals surface area contributed by atoms with Crippen LogP contribution in [0, 0.1) is 0 Å². The average molecular weight is 352 g/mol. The zero-order valence-corrected chi connectivity index (χ0v) is 12.1. The second-order valence-corrected chi connectivity index (χ2v) is 5.79. The maximum absolute atomic E-state index is 12.7. The highest BCUT2D eigenvalue weighted by Crippen LogP contribution is 2.37. The summed E-state index contributed by atoms with van der Waals surface area (Å²) in [6.45, 7) is 1.74. The maximum atomic E-state index is 12.7. The van der Waals surface area contributed by atoms with Crippen LogP contribution in [0.1, 0.15) is 23.5 Å². The first-order valence-electron chi connectivity index (χ1n) is 5.25. The number of nitrogens with zero attached hydrogens (tertiary/aromatic N) is 2. The summed E-state index contributed by atoms with van der Waals surface area (Å²) in [6, 6.07) is 3.12. The molecule has 1 unspecified atom stereocenters. The summed E-state index contributed by atoms with van der Waals surface area (Å²) in [7, 11) is 0. The summed E-state index contributed by atoms with van der Waals surface area (Å²) in [4.78, 5) is 0. The van der Waals surface area contributed by atoms with Gasteiger partial charge in [-0.3, -0.25) is 0 Å². The topological polar surface area (TPSA) is 51.8 Å². The van der Waals surface area contributed by atoms with Gasteiger partial charge in [-0.2, -0.15) is 13.2 Å². The minimum Gasteiger partial charge on any atom is -0.322 e. The van der Waals surface area contributed by atoms with Gasteiger partial charge < -0.3 is 5.73 Å². The van der Waals surface area contributed by atoms with Crippen molar-refractivity contribution in [1.29, 1.82) is 0 Å². The molecule has 0 aliphatic heterocycles. The molecule has 0 amide bonds. The van der Waals surface area contributed by atoms with Gasteiger partial charge in [0.05, 0.1) is 11.6 Å². The lowest BCUT2D eigenvalue weighted by Gasteiger charge is -2.08. The van der Waals surface area contributed by atoms with E-state index in [2.05, 4.69) is 26.1 Å². The van der Waals surface area contributed by atoms with Crippen molar-refractivity contribution in [2.24, 2.45) is 5.73 Å². The van der Waals surface area contributed by atoms with Crippen molar-refractivity contribution in [2.75, 3.05) is 0 Å². The predicted molar refractivity (Wildman–Crippen MR) is 70.6 cm³/mol. The van der Waals surface area contributed by atoms with E-state index in [0.717, 1.165) is 12.1 Å². The monoisotopic (exact) mass is 351 g/mol. The van der Waals surface area contributed by atoms with E-state index in [9.17, 15) is 13.2 Å². The number of rotatable bonds is 2. The van der Waals surface area contributed by atoms with Gasteiger partial charge in [-0.05, 0) is 25.1 Å². The molecule has 0 saturated heterocycles. The smallest absolute Gasteiger partial charge is 0.322 e. The van der Waals surface area contributed by atoms with Gasteiger partial charge in [-0.25, -0.2) is 0 Å². The molecule has 0 fully saturated rings. The van der Waals surface area contributed by atoms with E-state index >= 15 is 0 Å². The Morgan fingerprint density at radius 2 is 2.00 bits per heavy atom. The number of hydrogen-bond donors (Lipinski definition) is 1. The highest BCUT2D eigenvalue weighted by atomic mass is 79.9. The molecule has 1 aromatic carbocycles. The van der Waals surface area contributed by atoms with Gasteiger partial charge in [0.25, 0.3) is 0 Å². The molecule has 1 atom stereocenters. The molecule has 19 heavy (non-hydrogen) atoms. The normalized spacial score (nSPS) is 13.6. The molecule has 0 aliphatic carbocycles. The molecule has 0 radical (unpaired) electrons. The van der Waals surface area contributed by atoms with Crippen molar-refractivity contribution >= 4 is 27.3 Å². The Morgan fingerprint density at radius 3 is 2.53 bits per heavy atom. The third-order valence-electron chi connectivity index (χ3n) is 2.35. The van der Waals surface area contributed by atoms with Gasteiger partial charge >= 0.3 is 6.18 Å². The van der Waals surface area contributed by atoms with E-state index in [1.54, 1.807) is 6.92 Å². The minimum atomic E-state index is -4.38. The summed E-state index contributed by atoms with van der Waals surface area (Å²) in [5, 5.41) is 8.74. The highest BCUT2D eigenvalue weighted by Gasteiger charge is 2.31. The number of halogens is 4. The molecule has 1 heterocycles. The standard InChI is InChI=1S/C11H9BrF3N3S/c1-5(16)9-17-18-10(19-9)7-4-6(11(13,14)15)2-3-8(7)12/h2-5H,16H2,1H3. The number of aromatic nitrogens is 2. The van der Waals surface area contributed by atoms with Gasteiger partial charge in [-0.1, -0.05) is 27.3 Å². The van der Waals surface area contributed by atoms with Crippen LogP contribution >= 0.6 is 27.3 Å². The first-order chi connectivity index (χ1) is 8.79. The van der Waals surface area contributed by atoms with Gasteiger partial charge in [0, 0.05) is 10.0 Å². The second-order valence-electron chi connectivity index (χ2n) is 3.93. The van der Waals surface area contributed by atoms with Crippen molar-refractivity contribution in [3.8, 4) is 10.6 Å². The van der Waals surface area contributed by atoms with E-state index in [4.69, 9.17) is 5.73 Å². The largest absolute Gasteiger partial charge is 0.416 e. The summed E-state index contributed by atoms with van der Waals surface area (Å²) in [6.07, 6.45) is -4.38. The lowest BCUT2D eigenvalue weighted by Crippen LogP contribution is -2.04. The van der Waals surface area contributed by atoms with Crippen molar-refractivity contribution in [1.82, 2.24) is 10.2 Å². The fourth-order valence-electron chi connectivity index (χ4n) is 1.39. The summed E-state index contributed by atoms with van der Waals surface area (Å²) >= 11 is 4.40. The fourth-order valence-corrected chi connectivity index (χ4v) is 2.78. The quantitative estimate of drug-likeness (QED) is 0.889. The molecule has 0 spiro atoms. The number of nitrogens with two attached hydrogens (primary N) is 1. The summed E-state index contributed by atoms with van der Waals surface area (Å²) in [5.41, 5.74) is 5.30. The molecular weight excluding hydrogens is 343 g/mol. The molecule has 0 aliphatic rings. The van der Waals surface area contributed by atoms with Crippen LogP contribution in [-0.2, 0) is 6.18 Å². The Hall–Kier alpha value is -0.990. The first-order valence-corrected chi connectivity index (χ1v) is 6.86. The highest BCUT2D eigenvalue weighted by molar-refractivity contribution is 9.10. The number of benzene rings is 1. The van der Waals surface area contributed by atoms with E-state index in [-0.39, 0.29) is 6.04 Å². The maximum Gasteiger partial charge on any atom is 0.416 e. The third kappa shape index (κ3) is 3.13. The third-order valence-corrected chi connectivity index (χ3v) is 4.20. The molecule has 8 heteroatoms. The first kappa shape index (κ1) is 14.4.